The maximum Gasteiger partial charge on any atom is 0.452 e. The van der Waals surface area contributed by atoms with Crippen LogP contribution in [0.2, 0.25) is 0 Å². The van der Waals surface area contributed by atoms with Crippen molar-refractivity contribution in [2.75, 3.05) is 24.5 Å². The zero-order valence-electron chi connectivity index (χ0n) is 10.7. The van der Waals surface area contributed by atoms with E-state index in [1.807, 2.05) is 4.90 Å². The van der Waals surface area contributed by atoms with Crippen molar-refractivity contribution in [1.29, 1.82) is 0 Å². The van der Waals surface area contributed by atoms with E-state index < -0.39 is 12.0 Å². The van der Waals surface area contributed by atoms with Gasteiger partial charge in [0.2, 0.25) is 11.0 Å². The Morgan fingerprint density at radius 3 is 2.68 bits per heavy atom. The molecule has 3 heterocycles. The summed E-state index contributed by atoms with van der Waals surface area (Å²) < 4.78 is 41.1. The molecule has 2 aliphatic rings. The summed E-state index contributed by atoms with van der Waals surface area (Å²) in [5.41, 5.74) is -0.184. The van der Waals surface area contributed by atoms with E-state index in [0.29, 0.717) is 17.0 Å². The van der Waals surface area contributed by atoms with Gasteiger partial charge in [0.05, 0.1) is 0 Å². The van der Waals surface area contributed by atoms with Gasteiger partial charge in [-0.3, -0.25) is 0 Å². The third kappa shape index (κ3) is 2.01. The number of nitrogens with zero attached hydrogens (tertiary/aromatic N) is 3. The molecule has 4 nitrogen and oxygen atoms in total. The molecular weight excluding hydrogens is 277 g/mol. The molecule has 8 heteroatoms. The molecule has 1 aromatic heterocycles. The lowest BCUT2D eigenvalue weighted by molar-refractivity contribution is -0.144. The molecule has 0 bridgehead atoms. The number of rotatable bonds is 1. The SMILES string of the molecule is CC1(C)C2CNCC2CN1c1nc(C(F)(F)F)ns1. The molecule has 0 aromatic carbocycles. The molecule has 106 valence electrons. The fraction of sp³-hybridized carbons (Fsp3) is 0.818. The first-order chi connectivity index (χ1) is 8.80. The van der Waals surface area contributed by atoms with Crippen LogP contribution in [0.4, 0.5) is 18.3 Å². The smallest absolute Gasteiger partial charge is 0.341 e. The van der Waals surface area contributed by atoms with E-state index >= 15 is 0 Å². The molecule has 0 amide bonds. The van der Waals surface area contributed by atoms with Crippen molar-refractivity contribution >= 4 is 16.7 Å². The first kappa shape index (κ1) is 13.1. The van der Waals surface area contributed by atoms with Crippen LogP contribution in [0.25, 0.3) is 0 Å². The summed E-state index contributed by atoms with van der Waals surface area (Å²) in [5, 5.41) is 3.72. The lowest BCUT2D eigenvalue weighted by Crippen LogP contribution is -2.44. The average molecular weight is 292 g/mol. The Labute approximate surface area is 113 Å². The Bertz CT molecular complexity index is 485. The van der Waals surface area contributed by atoms with Crippen LogP contribution < -0.4 is 10.2 Å². The maximum atomic E-state index is 12.6. The largest absolute Gasteiger partial charge is 0.452 e. The minimum absolute atomic E-state index is 0.184. The van der Waals surface area contributed by atoms with Gasteiger partial charge in [0, 0.05) is 36.7 Å². The first-order valence-corrected chi connectivity index (χ1v) is 6.97. The normalized spacial score (nSPS) is 29.8. The maximum absolute atomic E-state index is 12.6. The molecule has 0 radical (unpaired) electrons. The minimum atomic E-state index is -4.46. The Hall–Kier alpha value is -0.890. The molecule has 0 aliphatic carbocycles. The van der Waals surface area contributed by atoms with Crippen LogP contribution in [0.1, 0.15) is 19.7 Å². The zero-order valence-corrected chi connectivity index (χ0v) is 11.5. The second-order valence-electron chi connectivity index (χ2n) is 5.69. The molecule has 2 atom stereocenters. The number of halogens is 3. The first-order valence-electron chi connectivity index (χ1n) is 6.19. The van der Waals surface area contributed by atoms with Gasteiger partial charge in [-0.1, -0.05) is 0 Å². The highest BCUT2D eigenvalue weighted by Gasteiger charge is 2.51. The summed E-state index contributed by atoms with van der Waals surface area (Å²) in [6, 6.07) is 0. The van der Waals surface area contributed by atoms with Crippen molar-refractivity contribution in [2.24, 2.45) is 11.8 Å². The molecule has 0 saturated carbocycles. The van der Waals surface area contributed by atoms with Gasteiger partial charge in [0.15, 0.2) is 0 Å². The molecule has 1 aromatic rings. The average Bonchev–Trinajstić information content (AvgIpc) is 2.95. The van der Waals surface area contributed by atoms with Gasteiger partial charge >= 0.3 is 6.18 Å². The Balaban J connectivity index is 1.89. The second kappa shape index (κ2) is 4.05. The predicted octanol–water partition coefficient (Wildman–Crippen LogP) is 1.99. The second-order valence-corrected chi connectivity index (χ2v) is 6.42. The number of hydrogen-bond donors (Lipinski definition) is 1. The monoisotopic (exact) mass is 292 g/mol. The summed E-state index contributed by atoms with van der Waals surface area (Å²) >= 11 is 0.839. The fourth-order valence-electron chi connectivity index (χ4n) is 3.19. The van der Waals surface area contributed by atoms with Gasteiger partial charge in [-0.15, -0.1) is 0 Å². The van der Waals surface area contributed by atoms with Gasteiger partial charge in [-0.25, -0.2) is 0 Å². The number of nitrogens with one attached hydrogen (secondary N) is 1. The van der Waals surface area contributed by atoms with Crippen molar-refractivity contribution in [3.8, 4) is 0 Å². The summed E-state index contributed by atoms with van der Waals surface area (Å²) in [6.45, 7) is 6.73. The summed E-state index contributed by atoms with van der Waals surface area (Å²) in [4.78, 5) is 5.66. The van der Waals surface area contributed by atoms with E-state index in [0.717, 1.165) is 31.2 Å². The molecule has 2 saturated heterocycles. The van der Waals surface area contributed by atoms with Crippen LogP contribution in [-0.2, 0) is 6.18 Å². The molecular formula is C11H15F3N4S. The van der Waals surface area contributed by atoms with Gasteiger partial charge in [0.1, 0.15) is 0 Å². The summed E-state index contributed by atoms with van der Waals surface area (Å²) in [6.07, 6.45) is -4.46. The quantitative estimate of drug-likeness (QED) is 0.859. The Morgan fingerprint density at radius 1 is 1.37 bits per heavy atom. The van der Waals surface area contributed by atoms with Crippen molar-refractivity contribution in [3.63, 3.8) is 0 Å². The summed E-state index contributed by atoms with van der Waals surface area (Å²) in [7, 11) is 0. The van der Waals surface area contributed by atoms with Crippen molar-refractivity contribution < 1.29 is 13.2 Å². The summed E-state index contributed by atoms with van der Waals surface area (Å²) in [5.74, 6) is -0.0996. The third-order valence-electron chi connectivity index (χ3n) is 4.26. The fourth-order valence-corrected chi connectivity index (χ4v) is 4.03. The molecule has 19 heavy (non-hydrogen) atoms. The van der Waals surface area contributed by atoms with Crippen LogP contribution in [0.3, 0.4) is 0 Å². The van der Waals surface area contributed by atoms with Gasteiger partial charge in [-0.2, -0.15) is 22.5 Å². The molecule has 3 rings (SSSR count). The molecule has 2 fully saturated rings. The molecule has 2 aliphatic heterocycles. The van der Waals surface area contributed by atoms with Crippen LogP contribution in [-0.4, -0.2) is 34.5 Å². The van der Waals surface area contributed by atoms with E-state index in [1.165, 1.54) is 0 Å². The van der Waals surface area contributed by atoms with Crippen LogP contribution in [0.15, 0.2) is 0 Å². The van der Waals surface area contributed by atoms with Gasteiger partial charge in [-0.05, 0) is 25.7 Å². The Kier molecular flexibility index (Phi) is 2.79. The minimum Gasteiger partial charge on any atom is -0.341 e. The third-order valence-corrected chi connectivity index (χ3v) is 5.00. The van der Waals surface area contributed by atoms with Crippen LogP contribution >= 0.6 is 11.5 Å². The van der Waals surface area contributed by atoms with E-state index in [4.69, 9.17) is 0 Å². The number of aromatic nitrogens is 2. The highest BCUT2D eigenvalue weighted by atomic mass is 32.1. The van der Waals surface area contributed by atoms with Crippen molar-refractivity contribution in [3.05, 3.63) is 5.82 Å². The lowest BCUT2D eigenvalue weighted by Gasteiger charge is -2.35. The lowest BCUT2D eigenvalue weighted by atomic mass is 9.85. The highest BCUT2D eigenvalue weighted by Crippen LogP contribution is 2.44. The van der Waals surface area contributed by atoms with Gasteiger partial charge in [0.25, 0.3) is 0 Å². The van der Waals surface area contributed by atoms with E-state index in [2.05, 4.69) is 28.5 Å². The highest BCUT2D eigenvalue weighted by molar-refractivity contribution is 7.09. The van der Waals surface area contributed by atoms with E-state index in [1.54, 1.807) is 0 Å². The van der Waals surface area contributed by atoms with Crippen molar-refractivity contribution in [2.45, 2.75) is 25.6 Å². The standard InChI is InChI=1S/C11H15F3N4S/c1-10(2)7-4-15-3-6(7)5-18(10)9-16-8(17-19-9)11(12,13)14/h6-7,15H,3-5H2,1-2H3. The van der Waals surface area contributed by atoms with Gasteiger partial charge < -0.3 is 10.2 Å². The Morgan fingerprint density at radius 2 is 2.11 bits per heavy atom. The molecule has 0 spiro atoms. The zero-order chi connectivity index (χ0) is 13.8. The predicted molar refractivity (Wildman–Crippen MR) is 66.2 cm³/mol. The van der Waals surface area contributed by atoms with E-state index in [9.17, 15) is 13.2 Å². The van der Waals surface area contributed by atoms with E-state index in [-0.39, 0.29) is 5.54 Å². The number of anilines is 1. The number of fused-ring (bicyclic) bond motifs is 1. The molecule has 1 N–H and O–H groups in total. The number of hydrogen-bond acceptors (Lipinski definition) is 5. The topological polar surface area (TPSA) is 41.0 Å². The van der Waals surface area contributed by atoms with Crippen LogP contribution in [0.5, 0.6) is 0 Å². The van der Waals surface area contributed by atoms with Crippen molar-refractivity contribution in [1.82, 2.24) is 14.7 Å². The van der Waals surface area contributed by atoms with Crippen LogP contribution in [0, 0.1) is 11.8 Å². The molecule has 2 unspecified atom stereocenters. The number of alkyl halides is 3.